The van der Waals surface area contributed by atoms with Crippen LogP contribution in [0, 0.1) is 6.92 Å². The smallest absolute Gasteiger partial charge is 0.318 e. The Morgan fingerprint density at radius 2 is 1.85 bits per heavy atom. The molecule has 1 aliphatic heterocycles. The van der Waals surface area contributed by atoms with Crippen LogP contribution in [0.25, 0.3) is 0 Å². The van der Waals surface area contributed by atoms with Crippen LogP contribution >= 0.6 is 15.9 Å². The maximum absolute atomic E-state index is 12.7. The van der Waals surface area contributed by atoms with Crippen LogP contribution in [0.1, 0.15) is 39.9 Å². The highest BCUT2D eigenvalue weighted by Crippen LogP contribution is 2.35. The molecule has 1 saturated heterocycles. The number of amides is 3. The van der Waals surface area contributed by atoms with Crippen molar-refractivity contribution in [2.75, 3.05) is 26.2 Å². The number of furan rings is 1. The maximum Gasteiger partial charge on any atom is 0.318 e. The predicted molar refractivity (Wildman–Crippen MR) is 105 cm³/mol. The number of carbonyl (C=O) groups excluding carboxylic acids is 2. The first-order valence-electron chi connectivity index (χ1n) is 9.21. The van der Waals surface area contributed by atoms with Crippen molar-refractivity contribution in [2.24, 2.45) is 0 Å². The van der Waals surface area contributed by atoms with E-state index >= 15 is 0 Å². The van der Waals surface area contributed by atoms with Crippen molar-refractivity contribution in [1.29, 1.82) is 0 Å². The van der Waals surface area contributed by atoms with E-state index in [-0.39, 0.29) is 18.0 Å². The van der Waals surface area contributed by atoms with Gasteiger partial charge in [-0.3, -0.25) is 4.79 Å². The van der Waals surface area contributed by atoms with Crippen LogP contribution in [0.5, 0.6) is 0 Å². The van der Waals surface area contributed by atoms with E-state index in [4.69, 9.17) is 4.42 Å². The lowest BCUT2D eigenvalue weighted by Gasteiger charge is -2.35. The van der Waals surface area contributed by atoms with Crippen LogP contribution in [-0.2, 0) is 6.42 Å². The lowest BCUT2D eigenvalue weighted by molar-refractivity contribution is 0.0631. The molecule has 3 amide bonds. The van der Waals surface area contributed by atoms with Gasteiger partial charge in [-0.05, 0) is 49.1 Å². The Bertz CT molecular complexity index is 871. The number of nitrogens with zero attached hydrogens (tertiary/aromatic N) is 2. The monoisotopic (exact) mass is 431 g/mol. The van der Waals surface area contributed by atoms with Gasteiger partial charge in [-0.25, -0.2) is 4.79 Å². The lowest BCUT2D eigenvalue weighted by atomic mass is 10.1. The molecule has 1 aromatic heterocycles. The zero-order valence-corrected chi connectivity index (χ0v) is 16.8. The molecule has 1 aromatic carbocycles. The third kappa shape index (κ3) is 3.60. The van der Waals surface area contributed by atoms with Crippen molar-refractivity contribution in [2.45, 2.75) is 25.8 Å². The second-order valence-corrected chi connectivity index (χ2v) is 7.89. The van der Waals surface area contributed by atoms with E-state index in [1.165, 1.54) is 11.1 Å². The molecular formula is C20H22BrN3O3. The van der Waals surface area contributed by atoms with Crippen molar-refractivity contribution >= 4 is 27.9 Å². The number of piperazine rings is 1. The first-order valence-corrected chi connectivity index (χ1v) is 10.0. The van der Waals surface area contributed by atoms with Crippen LogP contribution in [0.4, 0.5) is 4.79 Å². The van der Waals surface area contributed by atoms with Crippen LogP contribution in [0.3, 0.4) is 0 Å². The minimum Gasteiger partial charge on any atom is -0.456 e. The molecule has 0 saturated carbocycles. The summed E-state index contributed by atoms with van der Waals surface area (Å²) in [7, 11) is 0. The minimum atomic E-state index is -0.113. The summed E-state index contributed by atoms with van der Waals surface area (Å²) in [6.45, 7) is 3.89. The van der Waals surface area contributed by atoms with Gasteiger partial charge in [0.1, 0.15) is 5.76 Å². The van der Waals surface area contributed by atoms with Gasteiger partial charge >= 0.3 is 6.03 Å². The van der Waals surface area contributed by atoms with E-state index in [9.17, 15) is 9.59 Å². The van der Waals surface area contributed by atoms with Gasteiger partial charge in [-0.1, -0.05) is 28.1 Å². The average molecular weight is 432 g/mol. The normalized spacial score (nSPS) is 19.1. The van der Waals surface area contributed by atoms with Gasteiger partial charge in [0.25, 0.3) is 5.91 Å². The summed E-state index contributed by atoms with van der Waals surface area (Å²) in [5.41, 5.74) is 2.48. The fourth-order valence-corrected chi connectivity index (χ4v) is 4.40. The molecular weight excluding hydrogens is 410 g/mol. The summed E-state index contributed by atoms with van der Waals surface area (Å²) in [6.07, 6.45) is 1.88. The van der Waals surface area contributed by atoms with E-state index in [1.807, 2.05) is 19.1 Å². The number of hydrogen-bond acceptors (Lipinski definition) is 3. The van der Waals surface area contributed by atoms with Crippen molar-refractivity contribution in [3.8, 4) is 0 Å². The first kappa shape index (κ1) is 18.1. The fraction of sp³-hybridized carbons (Fsp3) is 0.400. The van der Waals surface area contributed by atoms with Crippen LogP contribution in [0.2, 0.25) is 0 Å². The second kappa shape index (κ2) is 7.38. The van der Waals surface area contributed by atoms with Gasteiger partial charge < -0.3 is 19.5 Å². The predicted octanol–water partition coefficient (Wildman–Crippen LogP) is 3.51. The number of aryl methyl sites for hydroxylation is 1. The molecule has 1 N–H and O–H groups in total. The number of carbonyl (C=O) groups is 2. The third-order valence-corrected chi connectivity index (χ3v) is 6.06. The number of nitrogens with one attached hydrogen (secondary N) is 1. The molecule has 0 spiro atoms. The highest BCUT2D eigenvalue weighted by molar-refractivity contribution is 9.10. The molecule has 2 aliphatic rings. The molecule has 2 heterocycles. The van der Waals surface area contributed by atoms with Crippen LogP contribution in [0.15, 0.2) is 39.2 Å². The van der Waals surface area contributed by atoms with Gasteiger partial charge in [0.05, 0.1) is 6.04 Å². The summed E-state index contributed by atoms with van der Waals surface area (Å²) < 4.78 is 6.52. The summed E-state index contributed by atoms with van der Waals surface area (Å²) in [5.74, 6) is 0.969. The number of fused-ring (bicyclic) bond motifs is 1. The van der Waals surface area contributed by atoms with E-state index in [0.29, 0.717) is 31.9 Å². The highest BCUT2D eigenvalue weighted by atomic mass is 79.9. The Balaban J connectivity index is 1.33. The van der Waals surface area contributed by atoms with E-state index in [1.54, 1.807) is 21.9 Å². The summed E-state index contributed by atoms with van der Waals surface area (Å²) in [5, 5.41) is 3.16. The van der Waals surface area contributed by atoms with Crippen molar-refractivity contribution in [3.05, 3.63) is 57.5 Å². The number of hydrogen-bond donors (Lipinski definition) is 1. The molecule has 2 aromatic rings. The van der Waals surface area contributed by atoms with Gasteiger partial charge in [0.15, 0.2) is 5.76 Å². The van der Waals surface area contributed by atoms with Crippen LogP contribution < -0.4 is 5.32 Å². The molecule has 1 atom stereocenters. The Morgan fingerprint density at radius 1 is 1.11 bits per heavy atom. The van der Waals surface area contributed by atoms with Gasteiger partial charge in [0, 0.05) is 30.7 Å². The van der Waals surface area contributed by atoms with Gasteiger partial charge in [0.2, 0.25) is 0 Å². The Morgan fingerprint density at radius 3 is 2.56 bits per heavy atom. The number of rotatable bonds is 2. The van der Waals surface area contributed by atoms with Gasteiger partial charge in [-0.15, -0.1) is 0 Å². The number of halogens is 1. The van der Waals surface area contributed by atoms with E-state index < -0.39 is 0 Å². The molecule has 0 bridgehead atoms. The maximum atomic E-state index is 12.7. The Kier molecular flexibility index (Phi) is 4.95. The minimum absolute atomic E-state index is 0.0516. The fourth-order valence-electron chi connectivity index (χ4n) is 3.82. The zero-order valence-electron chi connectivity index (χ0n) is 15.2. The standard InChI is InChI=1S/C20H22BrN3O3/c1-13-5-8-18(27-13)19(25)23-9-11-24(12-10-23)20(26)22-17-7-6-14-15(17)3-2-4-16(14)21/h2-5,8,17H,6-7,9-12H2,1H3,(H,22,26). The quantitative estimate of drug-likeness (QED) is 0.790. The van der Waals surface area contributed by atoms with Crippen LogP contribution in [-0.4, -0.2) is 47.9 Å². The second-order valence-electron chi connectivity index (χ2n) is 7.04. The first-order chi connectivity index (χ1) is 13.0. The van der Waals surface area contributed by atoms with Crippen molar-refractivity contribution < 1.29 is 14.0 Å². The largest absolute Gasteiger partial charge is 0.456 e. The van der Waals surface area contributed by atoms with E-state index in [0.717, 1.165) is 23.1 Å². The van der Waals surface area contributed by atoms with Gasteiger partial charge in [-0.2, -0.15) is 0 Å². The Labute approximate surface area is 166 Å². The Hall–Kier alpha value is -2.28. The topological polar surface area (TPSA) is 65.8 Å². The number of urea groups is 1. The summed E-state index contributed by atoms with van der Waals surface area (Å²) >= 11 is 3.59. The zero-order chi connectivity index (χ0) is 19.0. The highest BCUT2D eigenvalue weighted by Gasteiger charge is 2.30. The molecule has 1 fully saturated rings. The molecule has 142 valence electrons. The number of benzene rings is 1. The van der Waals surface area contributed by atoms with Crippen molar-refractivity contribution in [3.63, 3.8) is 0 Å². The lowest BCUT2D eigenvalue weighted by Crippen LogP contribution is -2.53. The molecule has 1 aliphatic carbocycles. The molecule has 0 radical (unpaired) electrons. The van der Waals surface area contributed by atoms with Crippen molar-refractivity contribution in [1.82, 2.24) is 15.1 Å². The van der Waals surface area contributed by atoms with E-state index in [2.05, 4.69) is 27.3 Å². The third-order valence-electron chi connectivity index (χ3n) is 5.32. The summed E-state index contributed by atoms with van der Waals surface area (Å²) in [6, 6.07) is 9.61. The molecule has 27 heavy (non-hydrogen) atoms. The molecule has 6 nitrogen and oxygen atoms in total. The molecule has 4 rings (SSSR count). The average Bonchev–Trinajstić information content (AvgIpc) is 3.29. The molecule has 7 heteroatoms. The summed E-state index contributed by atoms with van der Waals surface area (Å²) in [4.78, 5) is 28.7. The SMILES string of the molecule is Cc1ccc(C(=O)N2CCN(C(=O)NC3CCc4c(Br)cccc43)CC2)o1. The molecule has 1 unspecified atom stereocenters.